The topological polar surface area (TPSA) is 44.8 Å². The molecule has 0 unspecified atom stereocenters. The van der Waals surface area contributed by atoms with E-state index in [1.54, 1.807) is 0 Å². The molecule has 0 saturated carbocycles. The van der Waals surface area contributed by atoms with Gasteiger partial charge in [-0.15, -0.1) is 0 Å². The summed E-state index contributed by atoms with van der Waals surface area (Å²) in [6, 6.07) is 0. The van der Waals surface area contributed by atoms with Crippen LogP contribution >= 0.6 is 11.8 Å². The van der Waals surface area contributed by atoms with E-state index in [0.717, 1.165) is 38.6 Å². The second-order valence-electron chi connectivity index (χ2n) is 5.64. The zero-order valence-electron chi connectivity index (χ0n) is 12.0. The maximum absolute atomic E-state index is 11.8. The number of morpholine rings is 1. The van der Waals surface area contributed by atoms with Gasteiger partial charge < -0.3 is 15.0 Å². The molecular formula is C13H25N3O2S. The van der Waals surface area contributed by atoms with E-state index >= 15 is 0 Å². The Balaban J connectivity index is 1.90. The number of nitrogens with one attached hydrogen (secondary N) is 1. The molecule has 110 valence electrons. The Labute approximate surface area is 120 Å². The monoisotopic (exact) mass is 287 g/mol. The fraction of sp³-hybridized carbons (Fsp3) is 0.923. The molecule has 2 rings (SSSR count). The van der Waals surface area contributed by atoms with Crippen molar-refractivity contribution < 1.29 is 9.53 Å². The van der Waals surface area contributed by atoms with E-state index in [4.69, 9.17) is 4.74 Å². The van der Waals surface area contributed by atoms with Gasteiger partial charge in [-0.3, -0.25) is 9.69 Å². The molecule has 0 bridgehead atoms. The maximum atomic E-state index is 11.8. The highest BCUT2D eigenvalue weighted by Crippen LogP contribution is 2.33. The summed E-state index contributed by atoms with van der Waals surface area (Å²) in [7, 11) is 3.84. The molecule has 1 amide bonds. The molecule has 2 fully saturated rings. The van der Waals surface area contributed by atoms with Crippen molar-refractivity contribution in [1.29, 1.82) is 0 Å². The lowest BCUT2D eigenvalue weighted by Gasteiger charge is -2.43. The van der Waals surface area contributed by atoms with E-state index in [1.807, 2.05) is 30.8 Å². The Kier molecular flexibility index (Phi) is 5.50. The minimum atomic E-state index is 0.120. The molecule has 2 saturated heterocycles. The predicted octanol–water partition coefficient (Wildman–Crippen LogP) is -0.128. The molecule has 0 radical (unpaired) electrons. The van der Waals surface area contributed by atoms with E-state index in [1.165, 1.54) is 12.2 Å². The summed E-state index contributed by atoms with van der Waals surface area (Å²) in [6.07, 6.45) is 1.17. The van der Waals surface area contributed by atoms with Gasteiger partial charge in [-0.1, -0.05) is 0 Å². The normalized spacial score (nSPS) is 28.8. The van der Waals surface area contributed by atoms with E-state index in [0.29, 0.717) is 6.54 Å². The minimum Gasteiger partial charge on any atom is -0.379 e. The van der Waals surface area contributed by atoms with Gasteiger partial charge in [-0.2, -0.15) is 11.8 Å². The second-order valence-corrected chi connectivity index (χ2v) is 6.75. The van der Waals surface area contributed by atoms with Crippen LogP contribution in [-0.2, 0) is 9.53 Å². The van der Waals surface area contributed by atoms with Gasteiger partial charge in [0.05, 0.1) is 19.8 Å². The first-order valence-electron chi connectivity index (χ1n) is 6.94. The lowest BCUT2D eigenvalue weighted by atomic mass is 9.95. The lowest BCUT2D eigenvalue weighted by Crippen LogP contribution is -2.59. The highest BCUT2D eigenvalue weighted by molar-refractivity contribution is 7.99. The van der Waals surface area contributed by atoms with Gasteiger partial charge in [-0.25, -0.2) is 0 Å². The first kappa shape index (κ1) is 15.1. The molecule has 1 N–H and O–H groups in total. The summed E-state index contributed by atoms with van der Waals surface area (Å²) in [5, 5.41) is 3.12. The zero-order chi connectivity index (χ0) is 13.7. The Morgan fingerprint density at radius 1 is 1.42 bits per heavy atom. The van der Waals surface area contributed by atoms with Crippen molar-refractivity contribution in [2.75, 3.05) is 65.0 Å². The Morgan fingerprint density at radius 3 is 2.74 bits per heavy atom. The van der Waals surface area contributed by atoms with Crippen molar-refractivity contribution >= 4 is 17.7 Å². The molecule has 2 heterocycles. The lowest BCUT2D eigenvalue weighted by molar-refractivity contribution is -0.122. The van der Waals surface area contributed by atoms with Crippen LogP contribution in [0.5, 0.6) is 0 Å². The molecular weight excluding hydrogens is 262 g/mol. The Morgan fingerprint density at radius 2 is 2.16 bits per heavy atom. The molecule has 6 heteroatoms. The van der Waals surface area contributed by atoms with Crippen molar-refractivity contribution in [3.63, 3.8) is 0 Å². The molecule has 2 aliphatic rings. The molecule has 2 aliphatic heterocycles. The quantitative estimate of drug-likeness (QED) is 0.763. The highest BCUT2D eigenvalue weighted by atomic mass is 32.2. The van der Waals surface area contributed by atoms with Crippen LogP contribution in [0.25, 0.3) is 0 Å². The number of thioether (sulfide) groups is 1. The third kappa shape index (κ3) is 4.08. The molecule has 0 aromatic heterocycles. The fourth-order valence-electron chi connectivity index (χ4n) is 2.74. The Bertz CT molecular complexity index is 300. The van der Waals surface area contributed by atoms with Crippen LogP contribution in [0.1, 0.15) is 6.42 Å². The summed E-state index contributed by atoms with van der Waals surface area (Å²) in [5.41, 5.74) is 0.149. The molecule has 0 aromatic carbocycles. The summed E-state index contributed by atoms with van der Waals surface area (Å²) >= 11 is 2.00. The van der Waals surface area contributed by atoms with Gasteiger partial charge >= 0.3 is 0 Å². The number of hydrogen-bond donors (Lipinski definition) is 1. The number of nitrogens with zero attached hydrogens (tertiary/aromatic N) is 2. The number of amides is 1. The third-order valence-electron chi connectivity index (χ3n) is 3.84. The number of ether oxygens (including phenoxy) is 1. The standard InChI is InChI=1S/C13H25N3O2S/c1-15(2)9-12(17)14-10-13(3-8-19-11-13)16-4-6-18-7-5-16/h3-11H2,1-2H3,(H,14,17)/t13-/m1/s1. The molecule has 5 nitrogen and oxygen atoms in total. The first-order chi connectivity index (χ1) is 9.12. The zero-order valence-corrected chi connectivity index (χ0v) is 12.8. The van der Waals surface area contributed by atoms with Crippen LogP contribution in [0.4, 0.5) is 0 Å². The summed E-state index contributed by atoms with van der Waals surface area (Å²) in [4.78, 5) is 16.3. The van der Waals surface area contributed by atoms with E-state index in [9.17, 15) is 4.79 Å². The SMILES string of the molecule is CN(C)CC(=O)NC[C@]1(N2CCOCC2)CCSC1. The van der Waals surface area contributed by atoms with E-state index in [-0.39, 0.29) is 11.4 Å². The van der Waals surface area contributed by atoms with Crippen LogP contribution in [0.15, 0.2) is 0 Å². The fourth-order valence-corrected chi connectivity index (χ4v) is 4.22. The minimum absolute atomic E-state index is 0.120. The number of carbonyl (C=O) groups excluding carboxylic acids is 1. The largest absolute Gasteiger partial charge is 0.379 e. The molecule has 0 spiro atoms. The molecule has 19 heavy (non-hydrogen) atoms. The van der Waals surface area contributed by atoms with Crippen molar-refractivity contribution in [3.8, 4) is 0 Å². The van der Waals surface area contributed by atoms with Crippen LogP contribution in [0, 0.1) is 0 Å². The summed E-state index contributed by atoms with van der Waals surface area (Å²) in [5.74, 6) is 2.44. The first-order valence-corrected chi connectivity index (χ1v) is 8.10. The average Bonchev–Trinajstić information content (AvgIpc) is 2.87. The summed E-state index contributed by atoms with van der Waals surface area (Å²) < 4.78 is 5.44. The average molecular weight is 287 g/mol. The predicted molar refractivity (Wildman–Crippen MR) is 78.6 cm³/mol. The van der Waals surface area contributed by atoms with Gasteiger partial charge in [0, 0.05) is 30.9 Å². The van der Waals surface area contributed by atoms with Crippen molar-refractivity contribution in [1.82, 2.24) is 15.1 Å². The van der Waals surface area contributed by atoms with Gasteiger partial charge in [0.1, 0.15) is 0 Å². The molecule has 0 aliphatic carbocycles. The van der Waals surface area contributed by atoms with Gasteiger partial charge in [0.2, 0.25) is 5.91 Å². The Hall–Kier alpha value is -0.300. The van der Waals surface area contributed by atoms with Gasteiger partial charge in [0.25, 0.3) is 0 Å². The second kappa shape index (κ2) is 6.92. The van der Waals surface area contributed by atoms with Crippen LogP contribution < -0.4 is 5.32 Å². The third-order valence-corrected chi connectivity index (χ3v) is 5.07. The molecule has 0 aromatic rings. The van der Waals surface area contributed by atoms with Gasteiger partial charge in [0.15, 0.2) is 0 Å². The van der Waals surface area contributed by atoms with Crippen molar-refractivity contribution in [2.45, 2.75) is 12.0 Å². The van der Waals surface area contributed by atoms with Crippen LogP contribution in [0.2, 0.25) is 0 Å². The number of rotatable bonds is 5. The number of hydrogen-bond acceptors (Lipinski definition) is 5. The molecule has 1 atom stereocenters. The summed E-state index contributed by atoms with van der Waals surface area (Å²) in [6.45, 7) is 4.85. The van der Waals surface area contributed by atoms with E-state index in [2.05, 4.69) is 10.2 Å². The van der Waals surface area contributed by atoms with Crippen molar-refractivity contribution in [3.05, 3.63) is 0 Å². The maximum Gasteiger partial charge on any atom is 0.234 e. The van der Waals surface area contributed by atoms with Gasteiger partial charge in [-0.05, 0) is 26.3 Å². The van der Waals surface area contributed by atoms with E-state index < -0.39 is 0 Å². The van der Waals surface area contributed by atoms with Crippen LogP contribution in [-0.4, -0.2) is 86.2 Å². The number of likely N-dealkylation sites (N-methyl/N-ethyl adjacent to an activating group) is 1. The smallest absolute Gasteiger partial charge is 0.234 e. The number of carbonyl (C=O) groups is 1. The van der Waals surface area contributed by atoms with Crippen molar-refractivity contribution in [2.24, 2.45) is 0 Å². The highest BCUT2D eigenvalue weighted by Gasteiger charge is 2.40. The van der Waals surface area contributed by atoms with Crippen LogP contribution in [0.3, 0.4) is 0 Å².